The van der Waals surface area contributed by atoms with E-state index in [2.05, 4.69) is 0 Å². The SMILES string of the molecule is O=C1c2ccccc2CCCN1CCSC(F)(F)F. The van der Waals surface area contributed by atoms with Gasteiger partial charge in [-0.2, -0.15) is 13.2 Å². The van der Waals surface area contributed by atoms with E-state index in [1.165, 1.54) is 4.90 Å². The number of aryl methyl sites for hydroxylation is 1. The molecule has 0 N–H and O–H groups in total. The minimum absolute atomic E-state index is 0.0765. The lowest BCUT2D eigenvalue weighted by Crippen LogP contribution is -2.33. The summed E-state index contributed by atoms with van der Waals surface area (Å²) in [6, 6.07) is 7.31. The zero-order valence-electron chi connectivity index (χ0n) is 10.2. The number of fused-ring (bicyclic) bond motifs is 1. The van der Waals surface area contributed by atoms with Gasteiger partial charge in [-0.25, -0.2) is 0 Å². The highest BCUT2D eigenvalue weighted by atomic mass is 32.2. The number of carbonyl (C=O) groups is 1. The van der Waals surface area contributed by atoms with E-state index in [0.29, 0.717) is 12.1 Å². The quantitative estimate of drug-likeness (QED) is 0.850. The highest BCUT2D eigenvalue weighted by Gasteiger charge is 2.29. The molecule has 6 heteroatoms. The Bertz CT molecular complexity index is 461. The van der Waals surface area contributed by atoms with Gasteiger partial charge in [0.25, 0.3) is 5.91 Å². The minimum Gasteiger partial charge on any atom is -0.338 e. The molecule has 0 fully saturated rings. The number of thioether (sulfide) groups is 1. The lowest BCUT2D eigenvalue weighted by atomic mass is 10.0. The number of hydrogen-bond donors (Lipinski definition) is 0. The van der Waals surface area contributed by atoms with Gasteiger partial charge in [-0.3, -0.25) is 4.79 Å². The number of hydrogen-bond acceptors (Lipinski definition) is 2. The highest BCUT2D eigenvalue weighted by molar-refractivity contribution is 8.00. The van der Waals surface area contributed by atoms with Gasteiger partial charge in [-0.15, -0.1) is 0 Å². The maximum absolute atomic E-state index is 12.2. The number of nitrogens with zero attached hydrogens (tertiary/aromatic N) is 1. The fraction of sp³-hybridized carbons (Fsp3) is 0.462. The van der Waals surface area contributed by atoms with Crippen LogP contribution in [0.4, 0.5) is 13.2 Å². The smallest absolute Gasteiger partial charge is 0.338 e. The summed E-state index contributed by atoms with van der Waals surface area (Å²) in [4.78, 5) is 13.7. The predicted octanol–water partition coefficient (Wildman–Crippen LogP) is 3.33. The van der Waals surface area contributed by atoms with E-state index in [0.717, 1.165) is 18.4 Å². The van der Waals surface area contributed by atoms with Crippen LogP contribution < -0.4 is 0 Å². The molecule has 2 nitrogen and oxygen atoms in total. The molecule has 1 heterocycles. The molecule has 0 spiro atoms. The number of alkyl halides is 3. The van der Waals surface area contributed by atoms with Gasteiger partial charge in [-0.1, -0.05) is 18.2 Å². The van der Waals surface area contributed by atoms with Gasteiger partial charge in [0.05, 0.1) is 0 Å². The average molecular weight is 289 g/mol. The summed E-state index contributed by atoms with van der Waals surface area (Å²) in [5.41, 5.74) is -2.62. The molecular weight excluding hydrogens is 275 g/mol. The second kappa shape index (κ2) is 5.86. The molecule has 0 aromatic heterocycles. The molecule has 1 aliphatic rings. The second-order valence-corrected chi connectivity index (χ2v) is 5.51. The Morgan fingerprint density at radius 3 is 2.74 bits per heavy atom. The van der Waals surface area contributed by atoms with E-state index in [1.54, 1.807) is 12.1 Å². The van der Waals surface area contributed by atoms with Crippen molar-refractivity contribution in [3.8, 4) is 0 Å². The predicted molar refractivity (Wildman–Crippen MR) is 69.2 cm³/mol. The lowest BCUT2D eigenvalue weighted by Gasteiger charge is -2.21. The summed E-state index contributed by atoms with van der Waals surface area (Å²) in [5, 5.41) is 0. The van der Waals surface area contributed by atoms with Gasteiger partial charge in [0.1, 0.15) is 0 Å². The average Bonchev–Trinajstić information content (AvgIpc) is 2.49. The van der Waals surface area contributed by atoms with Gasteiger partial charge in [0, 0.05) is 24.4 Å². The molecule has 1 aromatic rings. The summed E-state index contributed by atoms with van der Waals surface area (Å²) < 4.78 is 36.3. The molecule has 19 heavy (non-hydrogen) atoms. The topological polar surface area (TPSA) is 20.3 Å². The van der Waals surface area contributed by atoms with Gasteiger partial charge >= 0.3 is 5.51 Å². The zero-order chi connectivity index (χ0) is 13.9. The van der Waals surface area contributed by atoms with Crippen molar-refractivity contribution in [2.75, 3.05) is 18.8 Å². The zero-order valence-corrected chi connectivity index (χ0v) is 11.1. The van der Waals surface area contributed by atoms with Gasteiger partial charge < -0.3 is 4.90 Å². The maximum atomic E-state index is 12.2. The van der Waals surface area contributed by atoms with E-state index in [4.69, 9.17) is 0 Å². The number of amides is 1. The monoisotopic (exact) mass is 289 g/mol. The first kappa shape index (κ1) is 14.2. The Hall–Kier alpha value is -1.17. The molecule has 0 aliphatic carbocycles. The van der Waals surface area contributed by atoms with Crippen LogP contribution in [0.2, 0.25) is 0 Å². The fourth-order valence-corrected chi connectivity index (χ4v) is 2.71. The minimum atomic E-state index is -4.23. The third kappa shape index (κ3) is 3.89. The van der Waals surface area contributed by atoms with E-state index in [-0.39, 0.29) is 30.0 Å². The van der Waals surface area contributed by atoms with Crippen LogP contribution in [-0.4, -0.2) is 35.2 Å². The van der Waals surface area contributed by atoms with E-state index in [9.17, 15) is 18.0 Å². The maximum Gasteiger partial charge on any atom is 0.441 e. The first-order valence-corrected chi connectivity index (χ1v) is 7.04. The summed E-state index contributed by atoms with van der Waals surface area (Å²) in [5.74, 6) is -0.270. The van der Waals surface area contributed by atoms with Gasteiger partial charge in [0.15, 0.2) is 0 Å². The van der Waals surface area contributed by atoms with Gasteiger partial charge in [-0.05, 0) is 36.2 Å². The van der Waals surface area contributed by atoms with Crippen molar-refractivity contribution >= 4 is 17.7 Å². The third-order valence-electron chi connectivity index (χ3n) is 3.04. The number of rotatable bonds is 3. The van der Waals surface area contributed by atoms with Crippen LogP contribution in [0.15, 0.2) is 24.3 Å². The van der Waals surface area contributed by atoms with Crippen molar-refractivity contribution in [3.05, 3.63) is 35.4 Å². The van der Waals surface area contributed by atoms with Crippen LogP contribution in [0.1, 0.15) is 22.3 Å². The van der Waals surface area contributed by atoms with Crippen molar-refractivity contribution in [1.82, 2.24) is 4.90 Å². The van der Waals surface area contributed by atoms with Crippen molar-refractivity contribution in [2.24, 2.45) is 0 Å². The molecule has 104 valence electrons. The van der Waals surface area contributed by atoms with Crippen molar-refractivity contribution in [2.45, 2.75) is 18.3 Å². The van der Waals surface area contributed by atoms with Crippen LogP contribution >= 0.6 is 11.8 Å². The Morgan fingerprint density at radius 2 is 2.00 bits per heavy atom. The molecule has 1 aliphatic heterocycles. The van der Waals surface area contributed by atoms with Crippen LogP contribution in [0.25, 0.3) is 0 Å². The van der Waals surface area contributed by atoms with E-state index in [1.807, 2.05) is 12.1 Å². The lowest BCUT2D eigenvalue weighted by molar-refractivity contribution is -0.0328. The molecule has 0 unspecified atom stereocenters. The van der Waals surface area contributed by atoms with Gasteiger partial charge in [0.2, 0.25) is 0 Å². The summed E-state index contributed by atoms with van der Waals surface area (Å²) in [6.45, 7) is 0.656. The number of benzene rings is 1. The summed E-state index contributed by atoms with van der Waals surface area (Å²) in [7, 11) is 0. The summed E-state index contributed by atoms with van der Waals surface area (Å²) in [6.07, 6.45) is 1.59. The Morgan fingerprint density at radius 1 is 1.26 bits per heavy atom. The third-order valence-corrected chi connectivity index (χ3v) is 3.75. The number of carbonyl (C=O) groups excluding carboxylic acids is 1. The normalized spacial score (nSPS) is 16.2. The Kier molecular flexibility index (Phi) is 4.39. The molecule has 1 amide bonds. The van der Waals surface area contributed by atoms with Crippen LogP contribution in [0.5, 0.6) is 0 Å². The number of halogens is 3. The first-order chi connectivity index (χ1) is 8.97. The first-order valence-electron chi connectivity index (χ1n) is 6.05. The molecule has 0 atom stereocenters. The Labute approximate surface area is 114 Å². The van der Waals surface area contributed by atoms with Crippen molar-refractivity contribution in [1.29, 1.82) is 0 Å². The van der Waals surface area contributed by atoms with Crippen LogP contribution in [0.3, 0.4) is 0 Å². The molecule has 0 radical (unpaired) electrons. The molecule has 1 aromatic carbocycles. The largest absolute Gasteiger partial charge is 0.441 e. The second-order valence-electron chi connectivity index (χ2n) is 4.35. The standard InChI is InChI=1S/C13H14F3NOS/c14-13(15,16)19-9-8-17-7-3-5-10-4-1-2-6-11(10)12(17)18/h1-2,4,6H,3,5,7-9H2. The molecule has 0 bridgehead atoms. The van der Waals surface area contributed by atoms with E-state index >= 15 is 0 Å². The Balaban J connectivity index is 2.01. The highest BCUT2D eigenvalue weighted by Crippen LogP contribution is 2.30. The summed E-state index contributed by atoms with van der Waals surface area (Å²) >= 11 is -0.0765. The van der Waals surface area contributed by atoms with Crippen molar-refractivity contribution in [3.63, 3.8) is 0 Å². The van der Waals surface area contributed by atoms with Crippen LogP contribution in [0, 0.1) is 0 Å². The molecular formula is C13H14F3NOS. The van der Waals surface area contributed by atoms with Crippen LogP contribution in [-0.2, 0) is 6.42 Å². The van der Waals surface area contributed by atoms with E-state index < -0.39 is 5.51 Å². The molecule has 2 rings (SSSR count). The molecule has 0 saturated heterocycles. The van der Waals surface area contributed by atoms with Crippen molar-refractivity contribution < 1.29 is 18.0 Å². The fourth-order valence-electron chi connectivity index (χ4n) is 2.16. The molecule has 0 saturated carbocycles.